The molecular formula is C13H20N4O2S. The van der Waals surface area contributed by atoms with Crippen LogP contribution in [0.4, 0.5) is 5.95 Å². The number of aliphatic carboxylic acids is 1. The second kappa shape index (κ2) is 5.63. The third kappa shape index (κ3) is 2.51. The van der Waals surface area contributed by atoms with E-state index in [1.165, 1.54) is 31.0 Å². The van der Waals surface area contributed by atoms with Gasteiger partial charge in [0.1, 0.15) is 0 Å². The standard InChI is InChI=1S/C13H20N4O2S/c1-2-5-16-12(14-15-13(16)20-8-11(18)19)17-7-9-3-4-10(17)6-9/h9-10H,2-8H2,1H3,(H,18,19). The van der Waals surface area contributed by atoms with Gasteiger partial charge in [0.25, 0.3) is 0 Å². The molecular weight excluding hydrogens is 276 g/mol. The minimum atomic E-state index is -0.817. The lowest BCUT2D eigenvalue weighted by molar-refractivity contribution is -0.133. The Morgan fingerprint density at radius 2 is 2.30 bits per heavy atom. The van der Waals surface area contributed by atoms with Crippen LogP contribution in [0.3, 0.4) is 0 Å². The number of carboxylic acid groups (broad SMARTS) is 1. The van der Waals surface area contributed by atoms with Crippen LogP contribution >= 0.6 is 11.8 Å². The Morgan fingerprint density at radius 1 is 1.45 bits per heavy atom. The topological polar surface area (TPSA) is 71.2 Å². The van der Waals surface area contributed by atoms with Gasteiger partial charge in [0.05, 0.1) is 5.75 Å². The molecule has 1 aliphatic heterocycles. The zero-order valence-corrected chi connectivity index (χ0v) is 12.5. The average molecular weight is 296 g/mol. The van der Waals surface area contributed by atoms with Gasteiger partial charge in [-0.2, -0.15) is 0 Å². The highest BCUT2D eigenvalue weighted by Gasteiger charge is 2.40. The van der Waals surface area contributed by atoms with E-state index in [0.29, 0.717) is 6.04 Å². The van der Waals surface area contributed by atoms with Gasteiger partial charge in [-0.1, -0.05) is 18.7 Å². The van der Waals surface area contributed by atoms with Gasteiger partial charge in [-0.3, -0.25) is 9.36 Å². The maximum absolute atomic E-state index is 10.7. The second-order valence-corrected chi connectivity index (χ2v) is 6.54. The lowest BCUT2D eigenvalue weighted by atomic mass is 10.1. The fraction of sp³-hybridized carbons (Fsp3) is 0.769. The lowest BCUT2D eigenvalue weighted by Crippen LogP contribution is -2.34. The fourth-order valence-corrected chi connectivity index (χ4v) is 4.00. The van der Waals surface area contributed by atoms with E-state index in [1.807, 2.05) is 0 Å². The third-order valence-electron chi connectivity index (χ3n) is 4.14. The summed E-state index contributed by atoms with van der Waals surface area (Å²) in [5.74, 6) is 0.963. The molecule has 2 heterocycles. The molecule has 2 aliphatic rings. The molecule has 2 bridgehead atoms. The normalized spacial score (nSPS) is 24.6. The number of aromatic nitrogens is 3. The van der Waals surface area contributed by atoms with Crippen molar-refractivity contribution in [3.63, 3.8) is 0 Å². The second-order valence-electron chi connectivity index (χ2n) is 5.60. The zero-order valence-electron chi connectivity index (χ0n) is 11.7. The van der Waals surface area contributed by atoms with E-state index >= 15 is 0 Å². The van der Waals surface area contributed by atoms with Crippen LogP contribution in [-0.4, -0.2) is 44.2 Å². The number of carboxylic acids is 1. The summed E-state index contributed by atoms with van der Waals surface area (Å²) in [6, 6.07) is 0.608. The predicted molar refractivity (Wildman–Crippen MR) is 77.1 cm³/mol. The van der Waals surface area contributed by atoms with Crippen LogP contribution in [-0.2, 0) is 11.3 Å². The summed E-state index contributed by atoms with van der Waals surface area (Å²) in [5.41, 5.74) is 0. The number of fused-ring (bicyclic) bond motifs is 2. The molecule has 3 rings (SSSR count). The number of piperidine rings is 1. The minimum Gasteiger partial charge on any atom is -0.481 e. The van der Waals surface area contributed by atoms with Gasteiger partial charge in [0, 0.05) is 19.1 Å². The molecule has 0 aromatic carbocycles. The van der Waals surface area contributed by atoms with Crippen LogP contribution < -0.4 is 4.90 Å². The molecule has 1 N–H and O–H groups in total. The smallest absolute Gasteiger partial charge is 0.313 e. The minimum absolute atomic E-state index is 0.0356. The van der Waals surface area contributed by atoms with Crippen LogP contribution in [0.1, 0.15) is 32.6 Å². The molecule has 0 amide bonds. The summed E-state index contributed by atoms with van der Waals surface area (Å²) in [6.45, 7) is 4.04. The van der Waals surface area contributed by atoms with Crippen LogP contribution in [0.25, 0.3) is 0 Å². The number of hydrogen-bond donors (Lipinski definition) is 1. The predicted octanol–water partition coefficient (Wildman–Crippen LogP) is 1.85. The van der Waals surface area contributed by atoms with Crippen LogP contribution in [0.2, 0.25) is 0 Å². The van der Waals surface area contributed by atoms with E-state index < -0.39 is 5.97 Å². The van der Waals surface area contributed by atoms with Gasteiger partial charge in [0.15, 0.2) is 5.16 Å². The summed E-state index contributed by atoms with van der Waals surface area (Å²) < 4.78 is 2.09. The Morgan fingerprint density at radius 3 is 2.90 bits per heavy atom. The van der Waals surface area contributed by atoms with E-state index in [9.17, 15) is 4.79 Å². The molecule has 2 atom stereocenters. The molecule has 6 nitrogen and oxygen atoms in total. The molecule has 0 radical (unpaired) electrons. The highest BCUT2D eigenvalue weighted by molar-refractivity contribution is 7.99. The molecule has 1 saturated heterocycles. The first kappa shape index (κ1) is 13.7. The van der Waals surface area contributed by atoms with Crippen molar-refractivity contribution in [2.24, 2.45) is 5.92 Å². The summed E-state index contributed by atoms with van der Waals surface area (Å²) in [6.07, 6.45) is 4.86. The number of nitrogens with zero attached hydrogens (tertiary/aromatic N) is 4. The van der Waals surface area contributed by atoms with Crippen molar-refractivity contribution >= 4 is 23.7 Å². The Bertz CT molecular complexity index is 505. The van der Waals surface area contributed by atoms with E-state index in [1.54, 1.807) is 0 Å². The van der Waals surface area contributed by atoms with Crippen LogP contribution in [0.15, 0.2) is 5.16 Å². The number of anilines is 1. The van der Waals surface area contributed by atoms with Gasteiger partial charge in [-0.25, -0.2) is 0 Å². The number of carbonyl (C=O) groups is 1. The number of rotatable bonds is 6. The molecule has 1 aromatic heterocycles. The molecule has 7 heteroatoms. The van der Waals surface area contributed by atoms with Crippen molar-refractivity contribution in [3.05, 3.63) is 0 Å². The molecule has 20 heavy (non-hydrogen) atoms. The molecule has 1 aliphatic carbocycles. The van der Waals surface area contributed by atoms with Crippen molar-refractivity contribution < 1.29 is 9.90 Å². The van der Waals surface area contributed by atoms with E-state index in [4.69, 9.17) is 5.11 Å². The SMILES string of the molecule is CCCn1c(SCC(=O)O)nnc1N1CC2CCC1C2. The van der Waals surface area contributed by atoms with Gasteiger partial charge in [0.2, 0.25) is 5.95 Å². The molecule has 0 spiro atoms. The maximum Gasteiger partial charge on any atom is 0.313 e. The van der Waals surface area contributed by atoms with Crippen molar-refractivity contribution in [1.82, 2.24) is 14.8 Å². The van der Waals surface area contributed by atoms with E-state index in [-0.39, 0.29) is 5.75 Å². The first-order chi connectivity index (χ1) is 9.69. The maximum atomic E-state index is 10.7. The zero-order chi connectivity index (χ0) is 14.1. The summed E-state index contributed by atoms with van der Waals surface area (Å²) in [7, 11) is 0. The lowest BCUT2D eigenvalue weighted by Gasteiger charge is -2.28. The molecule has 1 saturated carbocycles. The number of hydrogen-bond acceptors (Lipinski definition) is 5. The van der Waals surface area contributed by atoms with Crippen molar-refractivity contribution in [2.75, 3.05) is 17.2 Å². The Kier molecular flexibility index (Phi) is 3.87. The Balaban J connectivity index is 1.81. The Hall–Kier alpha value is -1.24. The quantitative estimate of drug-likeness (QED) is 0.808. The van der Waals surface area contributed by atoms with Crippen LogP contribution in [0.5, 0.6) is 0 Å². The Labute approximate surface area is 122 Å². The highest BCUT2D eigenvalue weighted by Crippen LogP contribution is 2.40. The average Bonchev–Trinajstić information content (AvgIpc) is 3.11. The summed E-state index contributed by atoms with van der Waals surface area (Å²) >= 11 is 1.26. The first-order valence-corrected chi connectivity index (χ1v) is 8.22. The summed E-state index contributed by atoms with van der Waals surface area (Å²) in [5, 5.41) is 18.1. The van der Waals surface area contributed by atoms with Gasteiger partial charge < -0.3 is 10.0 Å². The van der Waals surface area contributed by atoms with Gasteiger partial charge in [-0.05, 0) is 31.6 Å². The highest BCUT2D eigenvalue weighted by atomic mass is 32.2. The van der Waals surface area contributed by atoms with Crippen molar-refractivity contribution in [1.29, 1.82) is 0 Å². The fourth-order valence-electron chi connectivity index (χ4n) is 3.32. The van der Waals surface area contributed by atoms with Crippen molar-refractivity contribution in [2.45, 2.75) is 50.4 Å². The molecule has 2 fully saturated rings. The van der Waals surface area contributed by atoms with Gasteiger partial charge in [-0.15, -0.1) is 10.2 Å². The summed E-state index contributed by atoms with van der Waals surface area (Å²) in [4.78, 5) is 13.1. The van der Waals surface area contributed by atoms with E-state index in [0.717, 1.165) is 36.5 Å². The first-order valence-electron chi connectivity index (χ1n) is 7.23. The third-order valence-corrected chi connectivity index (χ3v) is 5.09. The monoisotopic (exact) mass is 296 g/mol. The van der Waals surface area contributed by atoms with Crippen LogP contribution in [0, 0.1) is 5.92 Å². The number of thioether (sulfide) groups is 1. The van der Waals surface area contributed by atoms with Crippen molar-refractivity contribution in [3.8, 4) is 0 Å². The molecule has 2 unspecified atom stereocenters. The largest absolute Gasteiger partial charge is 0.481 e. The molecule has 1 aromatic rings. The van der Waals surface area contributed by atoms with E-state index in [2.05, 4.69) is 26.6 Å². The van der Waals surface area contributed by atoms with Gasteiger partial charge >= 0.3 is 5.97 Å². The molecule has 110 valence electrons.